The first-order valence-electron chi connectivity index (χ1n) is 11.0. The van der Waals surface area contributed by atoms with E-state index in [1.807, 2.05) is 4.68 Å². The topological polar surface area (TPSA) is 132 Å². The molecule has 1 aliphatic rings. The van der Waals surface area contributed by atoms with Crippen molar-refractivity contribution in [2.75, 3.05) is 18.4 Å². The number of halogens is 1. The molecule has 1 amide bonds. The van der Waals surface area contributed by atoms with Gasteiger partial charge in [0.05, 0.1) is 27.4 Å². The van der Waals surface area contributed by atoms with Crippen LogP contribution in [0.4, 0.5) is 15.2 Å². The lowest BCUT2D eigenvalue weighted by Crippen LogP contribution is -2.28. The van der Waals surface area contributed by atoms with Gasteiger partial charge >= 0.3 is 5.00 Å². The number of hydrogen-bond donors (Lipinski definition) is 1. The van der Waals surface area contributed by atoms with E-state index in [4.69, 9.17) is 0 Å². The third kappa shape index (κ3) is 4.47. The van der Waals surface area contributed by atoms with Crippen molar-refractivity contribution in [2.24, 2.45) is 0 Å². The van der Waals surface area contributed by atoms with Crippen LogP contribution in [0.2, 0.25) is 0 Å². The molecule has 0 aliphatic carbocycles. The molecule has 5 heterocycles. The van der Waals surface area contributed by atoms with Gasteiger partial charge in [-0.1, -0.05) is 11.3 Å². The number of hydrogen-bond acceptors (Lipinski definition) is 9. The van der Waals surface area contributed by atoms with Crippen LogP contribution in [0.3, 0.4) is 0 Å². The zero-order chi connectivity index (χ0) is 24.7. The summed E-state index contributed by atoms with van der Waals surface area (Å²) >= 11 is 0.772. The van der Waals surface area contributed by atoms with E-state index in [-0.39, 0.29) is 27.6 Å². The summed E-state index contributed by atoms with van der Waals surface area (Å²) in [7, 11) is 0. The summed E-state index contributed by atoms with van der Waals surface area (Å²) in [5, 5.41) is 18.7. The predicted octanol–water partition coefficient (Wildman–Crippen LogP) is 3.90. The molecule has 1 saturated heterocycles. The van der Waals surface area contributed by atoms with Crippen LogP contribution in [0.1, 0.15) is 36.0 Å². The molecule has 5 rings (SSSR count). The summed E-state index contributed by atoms with van der Waals surface area (Å²) in [4.78, 5) is 38.7. The SMILES string of the molecule is CC(C)N1CCC(n2ncc3c(NC(=O)c4ccc([N+](=O)[O-])s4)nc(-c4ccc(F)nc4)nc32)C1. The van der Waals surface area contributed by atoms with Crippen molar-refractivity contribution >= 4 is 39.1 Å². The third-order valence-corrected chi connectivity index (χ3v) is 6.97. The minimum atomic E-state index is -0.632. The third-order valence-electron chi connectivity index (χ3n) is 5.94. The number of pyridine rings is 1. The molecule has 0 saturated carbocycles. The van der Waals surface area contributed by atoms with Crippen molar-refractivity contribution in [3.63, 3.8) is 0 Å². The monoisotopic (exact) mass is 496 g/mol. The largest absolute Gasteiger partial charge is 0.324 e. The van der Waals surface area contributed by atoms with Crippen LogP contribution in [-0.2, 0) is 0 Å². The van der Waals surface area contributed by atoms with Gasteiger partial charge in [0.15, 0.2) is 11.5 Å². The van der Waals surface area contributed by atoms with E-state index >= 15 is 0 Å². The van der Waals surface area contributed by atoms with E-state index in [1.54, 1.807) is 6.20 Å². The van der Waals surface area contributed by atoms with Crippen LogP contribution < -0.4 is 5.32 Å². The summed E-state index contributed by atoms with van der Waals surface area (Å²) in [5.74, 6) is -0.712. The Balaban J connectivity index is 1.56. The minimum Gasteiger partial charge on any atom is -0.305 e. The average molecular weight is 497 g/mol. The maximum absolute atomic E-state index is 13.4. The molecule has 11 nitrogen and oxygen atoms in total. The highest BCUT2D eigenvalue weighted by atomic mass is 32.1. The van der Waals surface area contributed by atoms with Gasteiger partial charge in [0.2, 0.25) is 5.95 Å². The van der Waals surface area contributed by atoms with Crippen molar-refractivity contribution in [3.05, 3.63) is 57.6 Å². The number of carbonyl (C=O) groups is 1. The first-order chi connectivity index (χ1) is 16.8. The molecule has 180 valence electrons. The number of thiophene rings is 1. The normalized spacial score (nSPS) is 16.3. The summed E-state index contributed by atoms with van der Waals surface area (Å²) < 4.78 is 15.2. The van der Waals surface area contributed by atoms with Crippen molar-refractivity contribution in [1.29, 1.82) is 0 Å². The Labute approximate surface area is 202 Å². The van der Waals surface area contributed by atoms with Crippen LogP contribution in [0.5, 0.6) is 0 Å². The highest BCUT2D eigenvalue weighted by molar-refractivity contribution is 7.17. The van der Waals surface area contributed by atoms with Gasteiger partial charge in [0.1, 0.15) is 5.82 Å². The molecule has 0 aromatic carbocycles. The summed E-state index contributed by atoms with van der Waals surface area (Å²) in [6, 6.07) is 5.89. The smallest absolute Gasteiger partial charge is 0.305 e. The fourth-order valence-corrected chi connectivity index (χ4v) is 4.79. The second kappa shape index (κ2) is 9.07. The number of aromatic nitrogens is 5. The Hall–Kier alpha value is -3.84. The van der Waals surface area contributed by atoms with E-state index in [0.717, 1.165) is 30.8 Å². The fraction of sp³-hybridized carbons (Fsp3) is 0.318. The molecule has 1 fully saturated rings. The van der Waals surface area contributed by atoms with E-state index in [2.05, 4.69) is 44.1 Å². The van der Waals surface area contributed by atoms with E-state index in [0.29, 0.717) is 22.6 Å². The second-order valence-electron chi connectivity index (χ2n) is 8.47. The molecular weight excluding hydrogens is 475 g/mol. The number of fused-ring (bicyclic) bond motifs is 1. The summed E-state index contributed by atoms with van der Waals surface area (Å²) in [6.45, 7) is 6.04. The molecule has 35 heavy (non-hydrogen) atoms. The molecule has 0 bridgehead atoms. The van der Waals surface area contributed by atoms with Crippen LogP contribution in [0.25, 0.3) is 22.4 Å². The van der Waals surface area contributed by atoms with Gasteiger partial charge in [0.25, 0.3) is 5.91 Å². The summed E-state index contributed by atoms with van der Waals surface area (Å²) in [5.41, 5.74) is 1.00. The highest BCUT2D eigenvalue weighted by Crippen LogP contribution is 2.31. The highest BCUT2D eigenvalue weighted by Gasteiger charge is 2.29. The molecule has 4 aromatic heterocycles. The van der Waals surface area contributed by atoms with Gasteiger partial charge in [-0.2, -0.15) is 9.49 Å². The van der Waals surface area contributed by atoms with Gasteiger partial charge < -0.3 is 5.32 Å². The van der Waals surface area contributed by atoms with Crippen LogP contribution in [0.15, 0.2) is 36.7 Å². The van der Waals surface area contributed by atoms with Crippen molar-refractivity contribution in [2.45, 2.75) is 32.4 Å². The van der Waals surface area contributed by atoms with Gasteiger partial charge in [-0.3, -0.25) is 19.8 Å². The number of carbonyl (C=O) groups excluding carboxylic acids is 1. The Morgan fingerprint density at radius 3 is 2.74 bits per heavy atom. The molecule has 4 aromatic rings. The van der Waals surface area contributed by atoms with Crippen molar-refractivity contribution < 1.29 is 14.1 Å². The van der Waals surface area contributed by atoms with E-state index in [9.17, 15) is 19.3 Å². The minimum absolute atomic E-state index is 0.0903. The number of nitrogens with zero attached hydrogens (tertiary/aromatic N) is 7. The van der Waals surface area contributed by atoms with Crippen LogP contribution in [-0.4, -0.2) is 59.6 Å². The Morgan fingerprint density at radius 2 is 2.09 bits per heavy atom. The maximum atomic E-state index is 13.4. The quantitative estimate of drug-likeness (QED) is 0.241. The standard InChI is InChI=1S/C22H21FN8O3S/c1-12(2)29-8-7-14(11-29)30-21-15(10-25-30)20(26-19(27-21)13-3-5-17(23)24-9-13)28-22(32)16-4-6-18(35-16)31(33)34/h3-6,9-10,12,14H,7-8,11H2,1-2H3,(H,26,27,28,32). The second-order valence-corrected chi connectivity index (χ2v) is 9.53. The predicted molar refractivity (Wildman–Crippen MR) is 128 cm³/mol. The first-order valence-corrected chi connectivity index (χ1v) is 11.8. The van der Waals surface area contributed by atoms with Gasteiger partial charge in [-0.05, 0) is 38.5 Å². The zero-order valence-corrected chi connectivity index (χ0v) is 19.7. The lowest BCUT2D eigenvalue weighted by molar-refractivity contribution is -0.380. The zero-order valence-electron chi connectivity index (χ0n) is 18.9. The molecule has 1 atom stereocenters. The fourth-order valence-electron chi connectivity index (χ4n) is 4.08. The molecule has 1 aliphatic heterocycles. The average Bonchev–Trinajstić information content (AvgIpc) is 3.58. The number of amides is 1. The number of likely N-dealkylation sites (tertiary alicyclic amines) is 1. The molecule has 1 N–H and O–H groups in total. The summed E-state index contributed by atoms with van der Waals surface area (Å²) in [6.07, 6.45) is 3.82. The number of anilines is 1. The van der Waals surface area contributed by atoms with E-state index < -0.39 is 16.8 Å². The Bertz CT molecular complexity index is 1420. The Kier molecular flexibility index (Phi) is 5.94. The van der Waals surface area contributed by atoms with E-state index in [1.165, 1.54) is 30.5 Å². The molecular formula is C22H21FN8O3S. The molecule has 0 radical (unpaired) electrons. The lowest BCUT2D eigenvalue weighted by atomic mass is 10.2. The first kappa shape index (κ1) is 22.9. The number of nitro groups is 1. The van der Waals surface area contributed by atoms with Gasteiger partial charge in [-0.15, -0.1) is 0 Å². The van der Waals surface area contributed by atoms with Crippen LogP contribution >= 0.6 is 11.3 Å². The maximum Gasteiger partial charge on any atom is 0.324 e. The number of rotatable bonds is 6. The van der Waals surface area contributed by atoms with Crippen molar-refractivity contribution in [3.8, 4) is 11.4 Å². The molecule has 0 spiro atoms. The lowest BCUT2D eigenvalue weighted by Gasteiger charge is -2.20. The molecule has 13 heteroatoms. The van der Waals surface area contributed by atoms with Crippen molar-refractivity contribution in [1.82, 2.24) is 29.6 Å². The Morgan fingerprint density at radius 1 is 1.26 bits per heavy atom. The van der Waals surface area contributed by atoms with Crippen LogP contribution in [0, 0.1) is 16.1 Å². The van der Waals surface area contributed by atoms with Gasteiger partial charge in [0, 0.05) is 37.0 Å². The molecule has 1 unspecified atom stereocenters. The number of nitrogens with one attached hydrogen (secondary N) is 1. The van der Waals surface area contributed by atoms with Gasteiger partial charge in [-0.25, -0.2) is 19.6 Å².